The van der Waals surface area contributed by atoms with Crippen LogP contribution in [-0.2, 0) is 6.54 Å². The van der Waals surface area contributed by atoms with Gasteiger partial charge in [0.2, 0.25) is 5.89 Å². The van der Waals surface area contributed by atoms with Crippen LogP contribution in [0.3, 0.4) is 0 Å². The average Bonchev–Trinajstić information content (AvgIpc) is 3.29. The number of hydrogen-bond acceptors (Lipinski definition) is 4. The van der Waals surface area contributed by atoms with Gasteiger partial charge in [0.05, 0.1) is 12.7 Å². The lowest BCUT2D eigenvalue weighted by molar-refractivity contribution is 0.102. The number of anilines is 1. The van der Waals surface area contributed by atoms with E-state index in [9.17, 15) is 13.6 Å². The van der Waals surface area contributed by atoms with Crippen LogP contribution >= 0.6 is 0 Å². The van der Waals surface area contributed by atoms with Crippen LogP contribution < -0.4 is 5.32 Å². The summed E-state index contributed by atoms with van der Waals surface area (Å²) in [6, 6.07) is 12.4. The van der Waals surface area contributed by atoms with Crippen molar-refractivity contribution in [3.63, 3.8) is 0 Å². The first-order valence-corrected chi connectivity index (χ1v) is 9.23. The van der Waals surface area contributed by atoms with Gasteiger partial charge in [-0.2, -0.15) is 5.10 Å². The lowest BCUT2D eigenvalue weighted by atomic mass is 10.2. The number of carbonyl (C=O) groups is 1. The van der Waals surface area contributed by atoms with Gasteiger partial charge in [0, 0.05) is 16.7 Å². The Hall–Kier alpha value is -3.81. The number of nitrogens with zero attached hydrogens (tertiary/aromatic N) is 3. The fourth-order valence-corrected chi connectivity index (χ4v) is 3.07. The van der Waals surface area contributed by atoms with Crippen LogP contribution in [-0.4, -0.2) is 20.7 Å². The fraction of sp³-hybridized carbons (Fsp3) is 0.136. The van der Waals surface area contributed by atoms with Crippen LogP contribution in [0.1, 0.15) is 27.4 Å². The zero-order valence-electron chi connectivity index (χ0n) is 16.3. The summed E-state index contributed by atoms with van der Waals surface area (Å²) in [5.74, 6) is -0.513. The molecule has 2 aromatic heterocycles. The quantitative estimate of drug-likeness (QED) is 0.518. The molecule has 2 aromatic carbocycles. The minimum Gasteiger partial charge on any atom is -0.441 e. The Bertz CT molecular complexity index is 1220. The maximum Gasteiger partial charge on any atom is 0.279 e. The van der Waals surface area contributed by atoms with E-state index in [1.807, 2.05) is 30.3 Å². The van der Waals surface area contributed by atoms with Gasteiger partial charge in [-0.1, -0.05) is 18.2 Å². The van der Waals surface area contributed by atoms with Gasteiger partial charge in [-0.05, 0) is 44.2 Å². The molecule has 0 aliphatic carbocycles. The van der Waals surface area contributed by atoms with Crippen molar-refractivity contribution >= 4 is 11.7 Å². The fourth-order valence-electron chi connectivity index (χ4n) is 3.07. The topological polar surface area (TPSA) is 73.0 Å². The molecule has 1 amide bonds. The van der Waals surface area contributed by atoms with E-state index in [-0.39, 0.29) is 17.8 Å². The molecule has 0 fully saturated rings. The zero-order valence-corrected chi connectivity index (χ0v) is 16.3. The maximum absolute atomic E-state index is 14.0. The summed E-state index contributed by atoms with van der Waals surface area (Å²) in [6.07, 6.45) is 1.54. The monoisotopic (exact) mass is 408 g/mol. The standard InChI is InChI=1S/C22H18F2N4O2/c1-13-11-25-28(12-16-10-17(23)8-9-18(16)24)20(13)27-21(29)19-14(2)30-22(26-19)15-6-4-3-5-7-15/h3-11H,12H2,1-2H3,(H,27,29). The van der Waals surface area contributed by atoms with Crippen LogP contribution in [0.2, 0.25) is 0 Å². The number of oxazole rings is 1. The predicted molar refractivity (Wildman–Crippen MR) is 107 cm³/mol. The molecule has 4 aromatic rings. The maximum atomic E-state index is 14.0. The lowest BCUT2D eigenvalue weighted by Gasteiger charge is -2.10. The van der Waals surface area contributed by atoms with Crippen LogP contribution in [0, 0.1) is 25.5 Å². The molecule has 0 radical (unpaired) electrons. The normalized spacial score (nSPS) is 10.9. The summed E-state index contributed by atoms with van der Waals surface area (Å²) in [6.45, 7) is 3.37. The highest BCUT2D eigenvalue weighted by Gasteiger charge is 2.21. The van der Waals surface area contributed by atoms with Gasteiger partial charge in [0.25, 0.3) is 5.91 Å². The van der Waals surface area contributed by atoms with E-state index in [2.05, 4.69) is 15.4 Å². The molecule has 2 heterocycles. The molecule has 1 N–H and O–H groups in total. The van der Waals surface area contributed by atoms with Crippen molar-refractivity contribution in [3.05, 3.63) is 88.9 Å². The molecule has 152 valence electrons. The number of aromatic nitrogens is 3. The van der Waals surface area contributed by atoms with Gasteiger partial charge in [-0.15, -0.1) is 0 Å². The number of hydrogen-bond donors (Lipinski definition) is 1. The van der Waals surface area contributed by atoms with Crippen molar-refractivity contribution in [2.24, 2.45) is 0 Å². The summed E-state index contributed by atoms with van der Waals surface area (Å²) in [4.78, 5) is 17.2. The number of carbonyl (C=O) groups excluding carboxylic acids is 1. The minimum absolute atomic E-state index is 0.0416. The van der Waals surface area contributed by atoms with Crippen molar-refractivity contribution in [1.29, 1.82) is 0 Å². The molecular weight excluding hydrogens is 390 g/mol. The summed E-state index contributed by atoms with van der Waals surface area (Å²) >= 11 is 0. The third kappa shape index (κ3) is 3.84. The predicted octanol–water partition coefficient (Wildman–Crippen LogP) is 4.73. The second kappa shape index (κ2) is 7.90. The smallest absolute Gasteiger partial charge is 0.279 e. The van der Waals surface area contributed by atoms with Crippen molar-refractivity contribution in [2.45, 2.75) is 20.4 Å². The number of aryl methyl sites for hydroxylation is 2. The Kier molecular flexibility index (Phi) is 5.14. The number of nitrogens with one attached hydrogen (secondary N) is 1. The van der Waals surface area contributed by atoms with Gasteiger partial charge in [-0.25, -0.2) is 18.4 Å². The highest BCUT2D eigenvalue weighted by molar-refractivity contribution is 6.03. The Morgan fingerprint density at radius 3 is 2.67 bits per heavy atom. The van der Waals surface area contributed by atoms with E-state index < -0.39 is 17.5 Å². The molecule has 0 aliphatic heterocycles. The largest absolute Gasteiger partial charge is 0.441 e. The summed E-state index contributed by atoms with van der Waals surface area (Å²) in [5.41, 5.74) is 1.68. The molecule has 0 spiro atoms. The van der Waals surface area contributed by atoms with Gasteiger partial charge in [0.15, 0.2) is 5.69 Å². The molecular formula is C22H18F2N4O2. The molecule has 0 bridgehead atoms. The zero-order chi connectivity index (χ0) is 21.3. The van der Waals surface area contributed by atoms with E-state index in [4.69, 9.17) is 4.42 Å². The van der Waals surface area contributed by atoms with Crippen LogP contribution in [0.25, 0.3) is 11.5 Å². The first-order chi connectivity index (χ1) is 14.4. The Morgan fingerprint density at radius 1 is 1.13 bits per heavy atom. The Balaban J connectivity index is 1.60. The van der Waals surface area contributed by atoms with E-state index in [0.717, 1.165) is 23.8 Å². The lowest BCUT2D eigenvalue weighted by Crippen LogP contribution is -2.18. The second-order valence-corrected chi connectivity index (χ2v) is 6.81. The van der Waals surface area contributed by atoms with Gasteiger partial charge in [0.1, 0.15) is 23.2 Å². The van der Waals surface area contributed by atoms with Crippen molar-refractivity contribution in [1.82, 2.24) is 14.8 Å². The van der Waals surface area contributed by atoms with E-state index in [1.54, 1.807) is 13.8 Å². The van der Waals surface area contributed by atoms with Gasteiger partial charge < -0.3 is 9.73 Å². The van der Waals surface area contributed by atoms with Crippen LogP contribution in [0.4, 0.5) is 14.6 Å². The molecule has 0 saturated carbocycles. The van der Waals surface area contributed by atoms with E-state index in [0.29, 0.717) is 23.0 Å². The number of benzene rings is 2. The van der Waals surface area contributed by atoms with E-state index in [1.165, 1.54) is 10.9 Å². The Labute approximate surface area is 171 Å². The molecule has 0 unspecified atom stereocenters. The van der Waals surface area contributed by atoms with E-state index >= 15 is 0 Å². The molecule has 4 rings (SSSR count). The van der Waals surface area contributed by atoms with Crippen molar-refractivity contribution in [3.8, 4) is 11.5 Å². The molecule has 8 heteroatoms. The number of halogens is 2. The van der Waals surface area contributed by atoms with Crippen molar-refractivity contribution in [2.75, 3.05) is 5.32 Å². The van der Waals surface area contributed by atoms with Crippen molar-refractivity contribution < 1.29 is 18.0 Å². The first-order valence-electron chi connectivity index (χ1n) is 9.23. The first kappa shape index (κ1) is 19.5. The van der Waals surface area contributed by atoms with Crippen LogP contribution in [0.15, 0.2) is 59.1 Å². The molecule has 0 aliphatic rings. The molecule has 0 atom stereocenters. The summed E-state index contributed by atoms with van der Waals surface area (Å²) < 4.78 is 34.6. The highest BCUT2D eigenvalue weighted by atomic mass is 19.1. The second-order valence-electron chi connectivity index (χ2n) is 6.81. The molecule has 6 nitrogen and oxygen atoms in total. The van der Waals surface area contributed by atoms with Gasteiger partial charge in [-0.3, -0.25) is 4.79 Å². The number of amides is 1. The third-order valence-electron chi connectivity index (χ3n) is 4.61. The summed E-state index contributed by atoms with van der Waals surface area (Å²) in [7, 11) is 0. The minimum atomic E-state index is -0.554. The average molecular weight is 408 g/mol. The molecule has 0 saturated heterocycles. The SMILES string of the molecule is Cc1cnn(Cc2cc(F)ccc2F)c1NC(=O)c1nc(-c2ccccc2)oc1C. The molecule has 30 heavy (non-hydrogen) atoms. The highest BCUT2D eigenvalue weighted by Crippen LogP contribution is 2.23. The Morgan fingerprint density at radius 2 is 1.90 bits per heavy atom. The third-order valence-corrected chi connectivity index (χ3v) is 4.61. The van der Waals surface area contributed by atoms with Gasteiger partial charge >= 0.3 is 0 Å². The number of rotatable bonds is 5. The summed E-state index contributed by atoms with van der Waals surface area (Å²) in [5, 5.41) is 6.93. The van der Waals surface area contributed by atoms with Crippen LogP contribution in [0.5, 0.6) is 0 Å².